The predicted molar refractivity (Wildman–Crippen MR) is 120 cm³/mol. The van der Waals surface area contributed by atoms with Crippen LogP contribution in [0, 0.1) is 0 Å². The van der Waals surface area contributed by atoms with Gasteiger partial charge in [-0.1, -0.05) is 79.7 Å². The molecule has 0 bridgehead atoms. The Bertz CT molecular complexity index is 1150. The van der Waals surface area contributed by atoms with Crippen LogP contribution in [0.5, 0.6) is 0 Å². The first-order chi connectivity index (χ1) is 15.2. The molecule has 0 radical (unpaired) electrons. The van der Waals surface area contributed by atoms with Gasteiger partial charge in [-0.15, -0.1) is 10.2 Å². The molecule has 4 rings (SSSR count). The van der Waals surface area contributed by atoms with Crippen LogP contribution >= 0.6 is 0 Å². The third-order valence-corrected chi connectivity index (χ3v) is 4.81. The summed E-state index contributed by atoms with van der Waals surface area (Å²) in [7, 11) is 0. The quantitative estimate of drug-likeness (QED) is 0.370. The van der Waals surface area contributed by atoms with E-state index in [1.165, 1.54) is 4.80 Å². The highest BCUT2D eigenvalue weighted by Gasteiger charge is 2.08. The summed E-state index contributed by atoms with van der Waals surface area (Å²) in [5, 5.41) is 16.7. The van der Waals surface area contributed by atoms with Crippen LogP contribution in [0.1, 0.15) is 34.3 Å². The average molecular weight is 410 g/mol. The van der Waals surface area contributed by atoms with Crippen LogP contribution in [0.25, 0.3) is 11.4 Å². The molecule has 0 spiro atoms. The number of aromatic nitrogens is 4. The lowest BCUT2D eigenvalue weighted by Gasteiger charge is -2.06. The number of rotatable bonds is 7. The maximum absolute atomic E-state index is 12.3. The molecule has 1 amide bonds. The maximum Gasteiger partial charge on any atom is 0.271 e. The first-order valence-corrected chi connectivity index (χ1v) is 10.00. The molecule has 0 aliphatic heterocycles. The molecule has 7 heteroatoms. The number of benzene rings is 3. The number of hydrazone groups is 1. The molecule has 154 valence electrons. The molecule has 0 saturated carbocycles. The van der Waals surface area contributed by atoms with Crippen molar-refractivity contribution >= 4 is 12.1 Å². The molecule has 0 aliphatic rings. The Morgan fingerprint density at radius 1 is 1.00 bits per heavy atom. The van der Waals surface area contributed by atoms with Crippen molar-refractivity contribution in [3.63, 3.8) is 0 Å². The fraction of sp³-hybridized carbons (Fsp3) is 0.125. The van der Waals surface area contributed by atoms with Gasteiger partial charge in [-0.05, 0) is 28.5 Å². The van der Waals surface area contributed by atoms with Crippen LogP contribution in [0.4, 0.5) is 0 Å². The molecule has 1 heterocycles. The second kappa shape index (κ2) is 9.58. The zero-order chi connectivity index (χ0) is 21.5. The number of nitrogens with one attached hydrogen (secondary N) is 1. The van der Waals surface area contributed by atoms with E-state index >= 15 is 0 Å². The highest BCUT2D eigenvalue weighted by atomic mass is 16.2. The fourth-order valence-electron chi connectivity index (χ4n) is 3.05. The summed E-state index contributed by atoms with van der Waals surface area (Å²) in [5.74, 6) is 0.437. The van der Waals surface area contributed by atoms with Crippen molar-refractivity contribution in [2.24, 2.45) is 5.10 Å². The van der Waals surface area contributed by atoms with Crippen molar-refractivity contribution in [2.75, 3.05) is 0 Å². The molecular weight excluding hydrogens is 388 g/mol. The Hall–Kier alpha value is -4.13. The summed E-state index contributed by atoms with van der Waals surface area (Å²) in [6.07, 6.45) is 1.72. The number of tetrazole rings is 1. The van der Waals surface area contributed by atoms with Crippen molar-refractivity contribution in [1.82, 2.24) is 25.6 Å². The van der Waals surface area contributed by atoms with Gasteiger partial charge in [-0.3, -0.25) is 4.79 Å². The summed E-state index contributed by atoms with van der Waals surface area (Å²) >= 11 is 0. The van der Waals surface area contributed by atoms with Crippen molar-refractivity contribution < 1.29 is 4.79 Å². The number of hydrogen-bond donors (Lipinski definition) is 1. The minimum atomic E-state index is -0.256. The van der Waals surface area contributed by atoms with Gasteiger partial charge in [0.15, 0.2) is 0 Å². The molecule has 1 atom stereocenters. The van der Waals surface area contributed by atoms with Crippen LogP contribution in [0.2, 0.25) is 0 Å². The zero-order valence-electron chi connectivity index (χ0n) is 17.1. The minimum Gasteiger partial charge on any atom is -0.267 e. The van der Waals surface area contributed by atoms with Gasteiger partial charge in [0.05, 0.1) is 6.54 Å². The van der Waals surface area contributed by atoms with Crippen LogP contribution in [0.15, 0.2) is 90.0 Å². The lowest BCUT2D eigenvalue weighted by Crippen LogP contribution is -2.18. The molecule has 1 N–H and O–H groups in total. The fourth-order valence-corrected chi connectivity index (χ4v) is 3.05. The third-order valence-electron chi connectivity index (χ3n) is 4.81. The van der Waals surface area contributed by atoms with E-state index in [0.29, 0.717) is 17.9 Å². The molecule has 1 aromatic heterocycles. The highest BCUT2D eigenvalue weighted by molar-refractivity contribution is 5.94. The normalized spacial score (nSPS) is 12.0. The summed E-state index contributed by atoms with van der Waals surface area (Å²) in [6.45, 7) is 2.50. The van der Waals surface area contributed by atoms with Gasteiger partial charge in [0.2, 0.25) is 5.82 Å². The van der Waals surface area contributed by atoms with Gasteiger partial charge in [-0.25, -0.2) is 5.43 Å². The first kappa shape index (κ1) is 20.2. The molecule has 0 fully saturated rings. The average Bonchev–Trinajstić information content (AvgIpc) is 3.29. The van der Waals surface area contributed by atoms with Crippen molar-refractivity contribution in [3.8, 4) is 11.4 Å². The topological polar surface area (TPSA) is 85.1 Å². The van der Waals surface area contributed by atoms with Gasteiger partial charge in [0.25, 0.3) is 5.91 Å². The van der Waals surface area contributed by atoms with Crippen LogP contribution in [0.3, 0.4) is 0 Å². The summed E-state index contributed by atoms with van der Waals surface area (Å²) in [6, 6.07) is 27.0. The lowest BCUT2D eigenvalue weighted by molar-refractivity contribution is 0.0955. The first-order valence-electron chi connectivity index (χ1n) is 10.00. The minimum absolute atomic E-state index is 0.111. The van der Waals surface area contributed by atoms with E-state index in [4.69, 9.17) is 0 Å². The van der Waals surface area contributed by atoms with E-state index in [1.807, 2.05) is 79.7 Å². The second-order valence-electron chi connectivity index (χ2n) is 7.12. The van der Waals surface area contributed by atoms with Gasteiger partial charge in [-0.2, -0.15) is 9.90 Å². The highest BCUT2D eigenvalue weighted by Crippen LogP contribution is 2.13. The largest absolute Gasteiger partial charge is 0.271 e. The number of hydrogen-bond acceptors (Lipinski definition) is 5. The predicted octanol–water partition coefficient (Wildman–Crippen LogP) is 3.91. The van der Waals surface area contributed by atoms with E-state index in [-0.39, 0.29) is 11.8 Å². The third kappa shape index (κ3) is 5.27. The van der Waals surface area contributed by atoms with Crippen molar-refractivity contribution in [2.45, 2.75) is 19.4 Å². The van der Waals surface area contributed by atoms with Crippen LogP contribution < -0.4 is 5.43 Å². The summed E-state index contributed by atoms with van der Waals surface area (Å²) < 4.78 is 0. The van der Waals surface area contributed by atoms with E-state index in [2.05, 4.69) is 25.9 Å². The Labute approximate surface area is 180 Å². The van der Waals surface area contributed by atoms with Gasteiger partial charge in [0, 0.05) is 23.3 Å². The molecule has 3 aromatic carbocycles. The lowest BCUT2D eigenvalue weighted by atomic mass is 10.0. The Balaban J connectivity index is 1.33. The van der Waals surface area contributed by atoms with Crippen LogP contribution in [-0.2, 0) is 6.54 Å². The second-order valence-corrected chi connectivity index (χ2v) is 7.12. The number of carbonyl (C=O) groups excluding carboxylic acids is 1. The zero-order valence-corrected chi connectivity index (χ0v) is 17.1. The molecule has 0 saturated heterocycles. The smallest absolute Gasteiger partial charge is 0.267 e. The molecule has 7 nitrogen and oxygen atoms in total. The summed E-state index contributed by atoms with van der Waals surface area (Å²) in [5.41, 5.74) is 6.14. The Morgan fingerprint density at radius 3 is 2.39 bits per heavy atom. The van der Waals surface area contributed by atoms with E-state index in [0.717, 1.165) is 16.7 Å². The summed E-state index contributed by atoms with van der Waals surface area (Å²) in [4.78, 5) is 13.9. The Kier molecular flexibility index (Phi) is 6.23. The molecule has 4 aromatic rings. The van der Waals surface area contributed by atoms with Crippen LogP contribution in [-0.4, -0.2) is 32.3 Å². The van der Waals surface area contributed by atoms with Crippen molar-refractivity contribution in [1.29, 1.82) is 0 Å². The molecule has 0 unspecified atom stereocenters. The van der Waals surface area contributed by atoms with E-state index in [1.54, 1.807) is 18.3 Å². The number of carbonyl (C=O) groups is 1. The molecular formula is C24H22N6O. The number of nitrogens with zero attached hydrogens (tertiary/aromatic N) is 5. The van der Waals surface area contributed by atoms with Gasteiger partial charge < -0.3 is 0 Å². The monoisotopic (exact) mass is 410 g/mol. The van der Waals surface area contributed by atoms with Gasteiger partial charge in [0.1, 0.15) is 0 Å². The molecule has 31 heavy (non-hydrogen) atoms. The standard InChI is InChI=1S/C24H22N6O/c1-18(20-8-4-2-5-9-20)16-25-27-24(31)22-14-12-19(13-15-22)17-30-28-23(26-29-30)21-10-6-3-7-11-21/h2-16,18H,17H2,1H3,(H,27,31)/b25-16-/t18-/m1/s1. The van der Waals surface area contributed by atoms with E-state index in [9.17, 15) is 4.79 Å². The SMILES string of the molecule is C[C@H](/C=N\NC(=O)c1ccc(Cn2nnc(-c3ccccc3)n2)cc1)c1ccccc1. The van der Waals surface area contributed by atoms with E-state index < -0.39 is 0 Å². The van der Waals surface area contributed by atoms with Gasteiger partial charge >= 0.3 is 0 Å². The maximum atomic E-state index is 12.3. The molecule has 0 aliphatic carbocycles. The number of amides is 1. The van der Waals surface area contributed by atoms with Crippen molar-refractivity contribution in [3.05, 3.63) is 102 Å². The Morgan fingerprint density at radius 2 is 1.68 bits per heavy atom.